The third-order valence-electron chi connectivity index (χ3n) is 8.09. The molecule has 0 aromatic rings. The lowest BCUT2D eigenvalue weighted by Crippen LogP contribution is -2.60. The number of alkyl carbamates (subject to hydrolysis) is 1. The van der Waals surface area contributed by atoms with Crippen LogP contribution in [0.3, 0.4) is 0 Å². The van der Waals surface area contributed by atoms with Crippen LogP contribution in [-0.2, 0) is 33.4 Å². The number of nitrogens with zero attached hydrogens (tertiary/aromatic N) is 1. The standard InChI is InChI=1S/C33H54N4O8/c1-13-14-15-20(24(39)27(41)34-17-16-21(38)44-31(5,6)7)35-26(40)23-22-19(33(22,11)12)18-37(23)28(42)25(30(2,3)4)36-29(43)45-32(8,9)10/h13,19-20,22-23,25H,1,14-18H2,2-12H3,(H,34,41)(H,35,40)(H,36,43)/t19-,20?,22-,23-,25?/m0/s1. The molecule has 1 aliphatic carbocycles. The van der Waals surface area contributed by atoms with Crippen molar-refractivity contribution in [2.24, 2.45) is 22.7 Å². The number of carbonyl (C=O) groups excluding carboxylic acids is 6. The van der Waals surface area contributed by atoms with Gasteiger partial charge in [-0.1, -0.05) is 40.7 Å². The Morgan fingerprint density at radius 1 is 0.933 bits per heavy atom. The van der Waals surface area contributed by atoms with Gasteiger partial charge in [0, 0.05) is 13.1 Å². The summed E-state index contributed by atoms with van der Waals surface area (Å²) >= 11 is 0. The van der Waals surface area contributed by atoms with Gasteiger partial charge in [0.05, 0.1) is 12.5 Å². The number of ether oxygens (including phenoxy) is 2. The van der Waals surface area contributed by atoms with E-state index >= 15 is 0 Å². The van der Waals surface area contributed by atoms with Crippen LogP contribution >= 0.6 is 0 Å². The molecular formula is C33H54N4O8. The summed E-state index contributed by atoms with van der Waals surface area (Å²) in [5.41, 5.74) is -2.38. The van der Waals surface area contributed by atoms with Gasteiger partial charge in [0.1, 0.15) is 23.3 Å². The van der Waals surface area contributed by atoms with Gasteiger partial charge >= 0.3 is 12.1 Å². The Labute approximate surface area is 267 Å². The first-order valence-electron chi connectivity index (χ1n) is 15.7. The first-order chi connectivity index (χ1) is 20.4. The predicted octanol–water partition coefficient (Wildman–Crippen LogP) is 3.28. The number of piperidine rings is 1. The van der Waals surface area contributed by atoms with E-state index in [1.165, 1.54) is 4.90 Å². The van der Waals surface area contributed by atoms with Crippen LogP contribution < -0.4 is 16.0 Å². The van der Waals surface area contributed by atoms with Gasteiger partial charge in [-0.05, 0) is 77.0 Å². The molecule has 12 nitrogen and oxygen atoms in total. The highest BCUT2D eigenvalue weighted by Crippen LogP contribution is 2.65. The zero-order valence-electron chi connectivity index (χ0n) is 28.9. The van der Waals surface area contributed by atoms with Crippen molar-refractivity contribution in [3.05, 3.63) is 12.7 Å². The largest absolute Gasteiger partial charge is 0.460 e. The fourth-order valence-corrected chi connectivity index (χ4v) is 5.78. The Kier molecular flexibility index (Phi) is 11.7. The quantitative estimate of drug-likeness (QED) is 0.168. The van der Waals surface area contributed by atoms with E-state index in [1.54, 1.807) is 47.6 Å². The average molecular weight is 635 g/mol. The Bertz CT molecular complexity index is 1170. The lowest BCUT2D eigenvalue weighted by Gasteiger charge is -2.38. The zero-order chi connectivity index (χ0) is 34.7. The summed E-state index contributed by atoms with van der Waals surface area (Å²) in [5, 5.41) is 7.88. The maximum Gasteiger partial charge on any atom is 0.408 e. The number of rotatable bonds is 12. The lowest BCUT2D eigenvalue weighted by molar-refractivity contribution is -0.154. The molecular weight excluding hydrogens is 580 g/mol. The number of fused-ring (bicyclic) bond motifs is 1. The third kappa shape index (κ3) is 10.3. The third-order valence-corrected chi connectivity index (χ3v) is 8.09. The minimum atomic E-state index is -1.17. The second-order valence-electron chi connectivity index (χ2n) is 15.7. The van der Waals surface area contributed by atoms with E-state index in [2.05, 4.69) is 22.5 Å². The number of hydrogen-bond acceptors (Lipinski definition) is 8. The molecule has 1 saturated carbocycles. The molecule has 45 heavy (non-hydrogen) atoms. The second kappa shape index (κ2) is 13.9. The molecule has 1 saturated heterocycles. The Hall–Kier alpha value is -3.44. The number of likely N-dealkylation sites (tertiary alicyclic amines) is 1. The zero-order valence-corrected chi connectivity index (χ0v) is 28.9. The van der Waals surface area contributed by atoms with E-state index in [4.69, 9.17) is 9.47 Å². The van der Waals surface area contributed by atoms with Crippen LogP contribution in [0.4, 0.5) is 4.79 Å². The molecule has 1 heterocycles. The molecule has 0 bridgehead atoms. The maximum atomic E-state index is 14.0. The fourth-order valence-electron chi connectivity index (χ4n) is 5.78. The number of nitrogens with one attached hydrogen (secondary N) is 3. The summed E-state index contributed by atoms with van der Waals surface area (Å²) in [6.07, 6.45) is 1.18. The van der Waals surface area contributed by atoms with Crippen LogP contribution in [0.15, 0.2) is 12.7 Å². The van der Waals surface area contributed by atoms with Crippen molar-refractivity contribution >= 4 is 35.6 Å². The van der Waals surface area contributed by atoms with Crippen molar-refractivity contribution in [1.29, 1.82) is 0 Å². The van der Waals surface area contributed by atoms with Gasteiger partial charge in [-0.25, -0.2) is 4.79 Å². The molecule has 254 valence electrons. The molecule has 2 rings (SSSR count). The van der Waals surface area contributed by atoms with E-state index in [-0.39, 0.29) is 36.6 Å². The highest BCUT2D eigenvalue weighted by molar-refractivity contribution is 6.38. The number of allylic oxidation sites excluding steroid dienone is 1. The van der Waals surface area contributed by atoms with Crippen molar-refractivity contribution in [2.75, 3.05) is 13.1 Å². The van der Waals surface area contributed by atoms with Crippen molar-refractivity contribution in [2.45, 2.75) is 125 Å². The summed E-state index contributed by atoms with van der Waals surface area (Å²) in [6.45, 7) is 23.7. The summed E-state index contributed by atoms with van der Waals surface area (Å²) in [5.74, 6) is -3.41. The Balaban J connectivity index is 2.23. The Morgan fingerprint density at radius 3 is 2.02 bits per heavy atom. The smallest absolute Gasteiger partial charge is 0.408 e. The average Bonchev–Trinajstić information content (AvgIpc) is 3.19. The molecule has 3 N–H and O–H groups in total. The van der Waals surface area contributed by atoms with Gasteiger partial charge in [0.2, 0.25) is 17.6 Å². The molecule has 0 aromatic carbocycles. The van der Waals surface area contributed by atoms with E-state index in [1.807, 2.05) is 34.6 Å². The van der Waals surface area contributed by atoms with E-state index < -0.39 is 70.3 Å². The van der Waals surface area contributed by atoms with Crippen LogP contribution in [0.1, 0.15) is 95.4 Å². The van der Waals surface area contributed by atoms with Gasteiger partial charge in [-0.2, -0.15) is 0 Å². The summed E-state index contributed by atoms with van der Waals surface area (Å²) in [6, 6.07) is -3.07. The van der Waals surface area contributed by atoms with Crippen molar-refractivity contribution in [3.63, 3.8) is 0 Å². The molecule has 12 heteroatoms. The monoisotopic (exact) mass is 634 g/mol. The molecule has 0 radical (unpaired) electrons. The number of ketones is 1. The number of hydrogen-bond donors (Lipinski definition) is 3. The highest BCUT2D eigenvalue weighted by Gasteiger charge is 2.70. The normalized spacial score (nSPS) is 21.8. The van der Waals surface area contributed by atoms with E-state index in [0.717, 1.165) is 0 Å². The van der Waals surface area contributed by atoms with Gasteiger partial charge in [0.15, 0.2) is 0 Å². The van der Waals surface area contributed by atoms with Gasteiger partial charge in [-0.15, -0.1) is 6.58 Å². The van der Waals surface area contributed by atoms with Crippen LogP contribution in [0.5, 0.6) is 0 Å². The molecule has 5 atom stereocenters. The number of esters is 1. The fraction of sp³-hybridized carbons (Fsp3) is 0.758. The molecule has 4 amide bonds. The molecule has 0 aromatic heterocycles. The van der Waals surface area contributed by atoms with Crippen molar-refractivity contribution in [3.8, 4) is 0 Å². The summed E-state index contributed by atoms with van der Waals surface area (Å²) in [4.78, 5) is 80.1. The van der Waals surface area contributed by atoms with Crippen LogP contribution in [-0.4, -0.2) is 82.9 Å². The second-order valence-corrected chi connectivity index (χ2v) is 15.7. The topological polar surface area (TPSA) is 160 Å². The Morgan fingerprint density at radius 2 is 1.51 bits per heavy atom. The number of carbonyl (C=O) groups is 6. The number of amides is 4. The minimum Gasteiger partial charge on any atom is -0.460 e. The van der Waals surface area contributed by atoms with Crippen LogP contribution in [0, 0.1) is 22.7 Å². The first-order valence-corrected chi connectivity index (χ1v) is 15.7. The highest BCUT2D eigenvalue weighted by atomic mass is 16.6. The van der Waals surface area contributed by atoms with Gasteiger partial charge < -0.3 is 30.3 Å². The number of Topliss-reactive ketones (excluding diaryl/α,β-unsaturated/α-hetero) is 1. The van der Waals surface area contributed by atoms with Crippen LogP contribution in [0.2, 0.25) is 0 Å². The SMILES string of the molecule is C=CCCC(NC(=O)[C@@H]1[C@@H]2[C@H](CN1C(=O)C(NC(=O)OC(C)(C)C)C(C)(C)C)C2(C)C)C(=O)C(=O)NCCC(=O)OC(C)(C)C. The minimum absolute atomic E-state index is 0.0535. The molecule has 1 aliphatic heterocycles. The van der Waals surface area contributed by atoms with Gasteiger partial charge in [0.25, 0.3) is 5.91 Å². The predicted molar refractivity (Wildman–Crippen MR) is 169 cm³/mol. The first kappa shape index (κ1) is 37.7. The van der Waals surface area contributed by atoms with Gasteiger partial charge in [-0.3, -0.25) is 24.0 Å². The molecule has 2 fully saturated rings. The van der Waals surface area contributed by atoms with Crippen molar-refractivity contribution in [1.82, 2.24) is 20.9 Å². The molecule has 2 unspecified atom stereocenters. The molecule has 2 aliphatic rings. The van der Waals surface area contributed by atoms with Crippen molar-refractivity contribution < 1.29 is 38.2 Å². The van der Waals surface area contributed by atoms with Crippen LogP contribution in [0.25, 0.3) is 0 Å². The van der Waals surface area contributed by atoms with E-state index in [9.17, 15) is 28.8 Å². The van der Waals surface area contributed by atoms with E-state index in [0.29, 0.717) is 13.0 Å². The summed E-state index contributed by atoms with van der Waals surface area (Å²) in [7, 11) is 0. The molecule has 0 spiro atoms. The lowest BCUT2D eigenvalue weighted by atomic mass is 9.85. The maximum absolute atomic E-state index is 14.0. The summed E-state index contributed by atoms with van der Waals surface area (Å²) < 4.78 is 10.6.